The molecule has 0 saturated heterocycles. The average Bonchev–Trinajstić information content (AvgIpc) is 1.98. The quantitative estimate of drug-likeness (QED) is 0.439. The molecule has 58 valence electrons. The van der Waals surface area contributed by atoms with Crippen molar-refractivity contribution in [1.29, 1.82) is 5.26 Å². The Bertz CT molecular complexity index is 233. The van der Waals surface area contributed by atoms with Crippen LogP contribution in [-0.4, -0.2) is 24.8 Å². The third kappa shape index (κ3) is 3.21. The lowest BCUT2D eigenvalue weighted by Gasteiger charge is -2.03. The molecule has 0 aromatic rings. The summed E-state index contributed by atoms with van der Waals surface area (Å²) in [7, 11) is 3.49. The molecule has 3 heteroatoms. The maximum Gasteiger partial charge on any atom is 0.197 e. The summed E-state index contributed by atoms with van der Waals surface area (Å²) in [6.45, 7) is 3.28. The number of allylic oxidation sites excluding steroid dienone is 2. The molecule has 0 bridgehead atoms. The Labute approximate surface area is 66.2 Å². The molecule has 0 heterocycles. The van der Waals surface area contributed by atoms with Crippen LogP contribution in [0, 0.1) is 11.3 Å². The van der Waals surface area contributed by atoms with Crippen molar-refractivity contribution in [2.45, 2.75) is 0 Å². The number of hydrogen-bond acceptors (Lipinski definition) is 3. The molecular formula is C8H10N2O. The van der Waals surface area contributed by atoms with Gasteiger partial charge in [0.15, 0.2) is 5.78 Å². The molecule has 3 nitrogen and oxygen atoms in total. The van der Waals surface area contributed by atoms with Crippen LogP contribution < -0.4 is 0 Å². The van der Waals surface area contributed by atoms with Crippen molar-refractivity contribution >= 4 is 5.78 Å². The van der Waals surface area contributed by atoms with Crippen LogP contribution in [0.3, 0.4) is 0 Å². The molecule has 0 spiro atoms. The van der Waals surface area contributed by atoms with E-state index in [4.69, 9.17) is 5.26 Å². The zero-order valence-corrected chi connectivity index (χ0v) is 6.66. The Morgan fingerprint density at radius 2 is 2.18 bits per heavy atom. The highest BCUT2D eigenvalue weighted by molar-refractivity contribution is 6.06. The highest BCUT2D eigenvalue weighted by Crippen LogP contribution is 1.95. The highest BCUT2D eigenvalue weighted by atomic mass is 16.1. The number of carbonyl (C=O) groups excluding carboxylic acids is 1. The molecule has 0 aliphatic heterocycles. The van der Waals surface area contributed by atoms with Crippen LogP contribution >= 0.6 is 0 Å². The van der Waals surface area contributed by atoms with E-state index < -0.39 is 0 Å². The Morgan fingerprint density at radius 3 is 2.45 bits per heavy atom. The van der Waals surface area contributed by atoms with Crippen molar-refractivity contribution in [3.63, 3.8) is 0 Å². The van der Waals surface area contributed by atoms with Crippen LogP contribution in [0.2, 0.25) is 0 Å². The Balaban J connectivity index is 4.56. The molecule has 0 aliphatic rings. The van der Waals surface area contributed by atoms with Gasteiger partial charge in [-0.3, -0.25) is 4.79 Å². The molecule has 0 amide bonds. The Hall–Kier alpha value is -1.56. The summed E-state index contributed by atoms with van der Waals surface area (Å²) in [5.41, 5.74) is 0.102. The molecular weight excluding hydrogens is 140 g/mol. The van der Waals surface area contributed by atoms with Gasteiger partial charge in [-0.1, -0.05) is 6.58 Å². The van der Waals surface area contributed by atoms with Gasteiger partial charge in [-0.05, 0) is 6.08 Å². The lowest BCUT2D eigenvalue weighted by molar-refractivity contribution is -0.111. The van der Waals surface area contributed by atoms with Crippen molar-refractivity contribution in [2.24, 2.45) is 0 Å². The summed E-state index contributed by atoms with van der Waals surface area (Å²) in [5.74, 6) is -0.346. The van der Waals surface area contributed by atoms with Crippen LogP contribution in [0.4, 0.5) is 0 Å². The maximum absolute atomic E-state index is 10.8. The fourth-order valence-corrected chi connectivity index (χ4v) is 0.516. The van der Waals surface area contributed by atoms with Gasteiger partial charge in [0.05, 0.1) is 0 Å². The molecule has 0 atom stereocenters. The predicted molar refractivity (Wildman–Crippen MR) is 42.6 cm³/mol. The second kappa shape index (κ2) is 4.29. The average molecular weight is 150 g/mol. The molecule has 0 N–H and O–H groups in total. The molecule has 0 aromatic carbocycles. The second-order valence-corrected chi connectivity index (χ2v) is 2.19. The number of nitriles is 1. The van der Waals surface area contributed by atoms with Crippen LogP contribution in [0.25, 0.3) is 0 Å². The van der Waals surface area contributed by atoms with Gasteiger partial charge in [-0.2, -0.15) is 5.26 Å². The summed E-state index contributed by atoms with van der Waals surface area (Å²) in [6.07, 6.45) is 2.59. The van der Waals surface area contributed by atoms with E-state index in [1.807, 2.05) is 0 Å². The van der Waals surface area contributed by atoms with Gasteiger partial charge in [0.25, 0.3) is 0 Å². The number of carbonyl (C=O) groups is 1. The van der Waals surface area contributed by atoms with Gasteiger partial charge >= 0.3 is 0 Å². The summed E-state index contributed by atoms with van der Waals surface area (Å²) < 4.78 is 0. The summed E-state index contributed by atoms with van der Waals surface area (Å²) in [5, 5.41) is 8.46. The van der Waals surface area contributed by atoms with E-state index in [1.54, 1.807) is 25.1 Å². The highest BCUT2D eigenvalue weighted by Gasteiger charge is 2.02. The van der Waals surface area contributed by atoms with E-state index in [9.17, 15) is 4.79 Å². The minimum Gasteiger partial charge on any atom is -0.382 e. The Morgan fingerprint density at radius 1 is 1.64 bits per heavy atom. The first-order valence-electron chi connectivity index (χ1n) is 3.07. The minimum absolute atomic E-state index is 0.102. The molecule has 0 fully saturated rings. The van der Waals surface area contributed by atoms with Crippen LogP contribution in [0.15, 0.2) is 24.4 Å². The minimum atomic E-state index is -0.346. The van der Waals surface area contributed by atoms with E-state index in [2.05, 4.69) is 6.58 Å². The van der Waals surface area contributed by atoms with E-state index in [0.29, 0.717) is 0 Å². The molecule has 0 aromatic heterocycles. The fraction of sp³-hybridized carbons (Fsp3) is 0.250. The molecule has 0 rings (SSSR count). The SMILES string of the molecule is C=CC(=O)/C(C#N)=C/N(C)C. The van der Waals surface area contributed by atoms with Gasteiger partial charge in [0.1, 0.15) is 11.6 Å². The molecule has 0 unspecified atom stereocenters. The standard InChI is InChI=1S/C8H10N2O/c1-4-8(11)7(5-9)6-10(2)3/h4,6H,1H2,2-3H3/b7-6+. The van der Waals surface area contributed by atoms with Gasteiger partial charge in [-0.15, -0.1) is 0 Å². The first kappa shape index (κ1) is 9.44. The van der Waals surface area contributed by atoms with Crippen LogP contribution in [0.1, 0.15) is 0 Å². The van der Waals surface area contributed by atoms with Crippen LogP contribution in [0.5, 0.6) is 0 Å². The number of ketones is 1. The van der Waals surface area contributed by atoms with Gasteiger partial charge in [0, 0.05) is 20.3 Å². The summed E-state index contributed by atoms with van der Waals surface area (Å²) >= 11 is 0. The topological polar surface area (TPSA) is 44.1 Å². The molecule has 0 saturated carbocycles. The van der Waals surface area contributed by atoms with E-state index in [0.717, 1.165) is 6.08 Å². The van der Waals surface area contributed by atoms with E-state index in [-0.39, 0.29) is 11.4 Å². The number of rotatable bonds is 3. The Kier molecular flexibility index (Phi) is 3.68. The van der Waals surface area contributed by atoms with Crippen molar-refractivity contribution in [3.8, 4) is 6.07 Å². The summed E-state index contributed by atoms with van der Waals surface area (Å²) in [4.78, 5) is 12.5. The normalized spacial score (nSPS) is 10.1. The van der Waals surface area contributed by atoms with Crippen molar-refractivity contribution < 1.29 is 4.79 Å². The fourth-order valence-electron chi connectivity index (χ4n) is 0.516. The second-order valence-electron chi connectivity index (χ2n) is 2.19. The van der Waals surface area contributed by atoms with Crippen molar-refractivity contribution in [2.75, 3.05) is 14.1 Å². The van der Waals surface area contributed by atoms with Gasteiger partial charge < -0.3 is 4.90 Å². The first-order chi connectivity index (χ1) is 5.11. The number of hydrogen-bond donors (Lipinski definition) is 0. The number of nitrogens with zero attached hydrogens (tertiary/aromatic N) is 2. The van der Waals surface area contributed by atoms with Gasteiger partial charge in [0.2, 0.25) is 0 Å². The maximum atomic E-state index is 10.8. The monoisotopic (exact) mass is 150 g/mol. The molecule has 0 radical (unpaired) electrons. The largest absolute Gasteiger partial charge is 0.382 e. The van der Waals surface area contributed by atoms with Gasteiger partial charge in [-0.25, -0.2) is 0 Å². The molecule has 0 aliphatic carbocycles. The third-order valence-electron chi connectivity index (χ3n) is 0.959. The zero-order valence-electron chi connectivity index (χ0n) is 6.66. The smallest absolute Gasteiger partial charge is 0.197 e. The van der Waals surface area contributed by atoms with E-state index in [1.165, 1.54) is 6.20 Å². The first-order valence-corrected chi connectivity index (χ1v) is 3.07. The van der Waals surface area contributed by atoms with Crippen LogP contribution in [-0.2, 0) is 4.79 Å². The lowest BCUT2D eigenvalue weighted by atomic mass is 10.2. The van der Waals surface area contributed by atoms with Crippen molar-refractivity contribution in [1.82, 2.24) is 4.90 Å². The third-order valence-corrected chi connectivity index (χ3v) is 0.959. The van der Waals surface area contributed by atoms with Crippen molar-refractivity contribution in [3.05, 3.63) is 24.4 Å². The predicted octanol–water partition coefficient (Wildman–Crippen LogP) is 0.711. The lowest BCUT2D eigenvalue weighted by Crippen LogP contribution is -2.06. The van der Waals surface area contributed by atoms with E-state index >= 15 is 0 Å². The zero-order chi connectivity index (χ0) is 8.85. The molecule has 11 heavy (non-hydrogen) atoms. The summed E-state index contributed by atoms with van der Waals surface area (Å²) in [6, 6.07) is 1.78.